The summed E-state index contributed by atoms with van der Waals surface area (Å²) in [6, 6.07) is 8.87. The Hall–Kier alpha value is -2.67. The van der Waals surface area contributed by atoms with E-state index < -0.39 is 18.0 Å². The summed E-state index contributed by atoms with van der Waals surface area (Å²) >= 11 is 0. The second-order valence-electron chi connectivity index (χ2n) is 5.21. The molecule has 0 bridgehead atoms. The van der Waals surface area contributed by atoms with Gasteiger partial charge in [0.25, 0.3) is 0 Å². The van der Waals surface area contributed by atoms with Crippen LogP contribution < -0.4 is 15.4 Å². The van der Waals surface area contributed by atoms with Crippen LogP contribution in [0.3, 0.4) is 0 Å². The number of anilines is 1. The van der Waals surface area contributed by atoms with Gasteiger partial charge in [0.15, 0.2) is 0 Å². The van der Waals surface area contributed by atoms with Crippen molar-refractivity contribution >= 4 is 11.7 Å². The highest BCUT2D eigenvalue weighted by molar-refractivity contribution is 5.90. The summed E-state index contributed by atoms with van der Waals surface area (Å²) in [5, 5.41) is 14.7. The van der Waals surface area contributed by atoms with Crippen molar-refractivity contribution in [1.82, 2.24) is 5.32 Å². The molecule has 0 saturated heterocycles. The third kappa shape index (κ3) is 5.51. The van der Waals surface area contributed by atoms with Crippen molar-refractivity contribution in [2.45, 2.75) is 13.0 Å². The molecule has 0 aliphatic heterocycles. The minimum Gasteiger partial charge on any atom is -0.491 e. The van der Waals surface area contributed by atoms with Crippen LogP contribution in [0.1, 0.15) is 5.56 Å². The Bertz CT molecular complexity index is 693. The molecule has 5 nitrogen and oxygen atoms in total. The van der Waals surface area contributed by atoms with E-state index in [1.165, 1.54) is 36.4 Å². The van der Waals surface area contributed by atoms with E-state index in [-0.39, 0.29) is 19.0 Å². The topological polar surface area (TPSA) is 70.6 Å². The molecule has 2 rings (SSSR count). The average Bonchev–Trinajstić information content (AvgIpc) is 2.56. The van der Waals surface area contributed by atoms with Crippen LogP contribution >= 0.6 is 0 Å². The summed E-state index contributed by atoms with van der Waals surface area (Å²) < 4.78 is 31.2. The lowest BCUT2D eigenvalue weighted by Crippen LogP contribution is -2.37. The van der Waals surface area contributed by atoms with E-state index in [2.05, 4.69) is 10.6 Å². The Morgan fingerprint density at radius 2 is 1.83 bits per heavy atom. The maximum Gasteiger partial charge on any atom is 0.319 e. The number of aliphatic hydroxyl groups excluding tert-OH is 1. The molecule has 3 N–H and O–H groups in total. The smallest absolute Gasteiger partial charge is 0.319 e. The first-order valence-corrected chi connectivity index (χ1v) is 7.31. The largest absolute Gasteiger partial charge is 0.491 e. The van der Waals surface area contributed by atoms with Crippen molar-refractivity contribution in [2.24, 2.45) is 0 Å². The Kier molecular flexibility index (Phi) is 6.08. The van der Waals surface area contributed by atoms with Crippen molar-refractivity contribution in [1.29, 1.82) is 0 Å². The van der Waals surface area contributed by atoms with Gasteiger partial charge in [-0.25, -0.2) is 13.6 Å². The van der Waals surface area contributed by atoms with Crippen LogP contribution in [0.4, 0.5) is 19.3 Å². The maximum atomic E-state index is 13.1. The molecule has 0 heterocycles. The zero-order valence-corrected chi connectivity index (χ0v) is 13.1. The lowest BCUT2D eigenvalue weighted by molar-refractivity contribution is 0.108. The molecule has 0 saturated carbocycles. The van der Waals surface area contributed by atoms with Crippen LogP contribution in [-0.4, -0.2) is 30.4 Å². The van der Waals surface area contributed by atoms with Crippen molar-refractivity contribution in [2.75, 3.05) is 18.5 Å². The highest BCUT2D eigenvalue weighted by Crippen LogP contribution is 2.15. The van der Waals surface area contributed by atoms with Crippen LogP contribution in [0.15, 0.2) is 42.5 Å². The molecule has 7 heteroatoms. The third-order valence-electron chi connectivity index (χ3n) is 3.20. The molecule has 128 valence electrons. The number of halogens is 2. The number of hydrogen-bond acceptors (Lipinski definition) is 3. The normalized spacial score (nSPS) is 11.7. The Morgan fingerprint density at radius 3 is 2.54 bits per heavy atom. The summed E-state index contributed by atoms with van der Waals surface area (Å²) in [6.07, 6.45) is -0.950. The van der Waals surface area contributed by atoms with Crippen LogP contribution in [-0.2, 0) is 0 Å². The third-order valence-corrected chi connectivity index (χ3v) is 3.20. The number of aryl methyl sites for hydroxylation is 1. The first kappa shape index (κ1) is 17.7. The molecular weight excluding hydrogens is 318 g/mol. The number of carbonyl (C=O) groups is 1. The molecule has 0 spiro atoms. The SMILES string of the molecule is Cc1ccc(F)cc1NC(=O)NCC(O)COc1ccc(F)cc1. The van der Waals surface area contributed by atoms with E-state index in [1.807, 2.05) is 0 Å². The zero-order chi connectivity index (χ0) is 17.5. The van der Waals surface area contributed by atoms with Gasteiger partial charge >= 0.3 is 6.03 Å². The zero-order valence-electron chi connectivity index (χ0n) is 13.1. The lowest BCUT2D eigenvalue weighted by atomic mass is 10.2. The molecule has 0 aliphatic carbocycles. The summed E-state index contributed by atoms with van der Waals surface area (Å²) in [7, 11) is 0. The number of nitrogens with one attached hydrogen (secondary N) is 2. The summed E-state index contributed by atoms with van der Waals surface area (Å²) in [5.74, 6) is -0.423. The van der Waals surface area contributed by atoms with Crippen molar-refractivity contribution < 1.29 is 23.4 Å². The minimum atomic E-state index is -0.950. The van der Waals surface area contributed by atoms with Gasteiger partial charge in [-0.05, 0) is 48.9 Å². The molecular formula is C17H18F2N2O3. The van der Waals surface area contributed by atoms with Crippen LogP contribution in [0.5, 0.6) is 5.75 Å². The van der Waals surface area contributed by atoms with Gasteiger partial charge in [-0.3, -0.25) is 0 Å². The van der Waals surface area contributed by atoms with Gasteiger partial charge in [0.1, 0.15) is 30.1 Å². The first-order valence-electron chi connectivity index (χ1n) is 7.31. The van der Waals surface area contributed by atoms with Crippen molar-refractivity contribution in [3.05, 3.63) is 59.7 Å². The highest BCUT2D eigenvalue weighted by atomic mass is 19.1. The number of amides is 2. The predicted octanol–water partition coefficient (Wildman–Crippen LogP) is 2.83. The molecule has 2 aromatic carbocycles. The summed E-state index contributed by atoms with van der Waals surface area (Å²) in [4.78, 5) is 11.8. The van der Waals surface area contributed by atoms with E-state index in [9.17, 15) is 18.7 Å². The van der Waals surface area contributed by atoms with Crippen LogP contribution in [0.25, 0.3) is 0 Å². The van der Waals surface area contributed by atoms with Crippen molar-refractivity contribution in [3.8, 4) is 5.75 Å². The summed E-state index contributed by atoms with van der Waals surface area (Å²) in [6.45, 7) is 1.62. The second kappa shape index (κ2) is 8.26. The van der Waals surface area contributed by atoms with E-state index >= 15 is 0 Å². The minimum absolute atomic E-state index is 0.0542. The number of ether oxygens (including phenoxy) is 1. The van der Waals surface area contributed by atoms with Gasteiger partial charge < -0.3 is 20.5 Å². The van der Waals surface area contributed by atoms with Gasteiger partial charge in [0.2, 0.25) is 0 Å². The van der Waals surface area contributed by atoms with Gasteiger partial charge in [-0.15, -0.1) is 0 Å². The summed E-state index contributed by atoms with van der Waals surface area (Å²) in [5.41, 5.74) is 1.07. The molecule has 0 fully saturated rings. The van der Waals surface area contributed by atoms with E-state index in [0.717, 1.165) is 0 Å². The number of benzene rings is 2. The van der Waals surface area contributed by atoms with Gasteiger partial charge in [0.05, 0.1) is 0 Å². The first-order chi connectivity index (χ1) is 11.4. The molecule has 2 amide bonds. The maximum absolute atomic E-state index is 13.1. The van der Waals surface area contributed by atoms with E-state index in [4.69, 9.17) is 4.74 Å². The second-order valence-corrected chi connectivity index (χ2v) is 5.21. The fourth-order valence-electron chi connectivity index (χ4n) is 1.89. The number of urea groups is 1. The fraction of sp³-hybridized carbons (Fsp3) is 0.235. The molecule has 0 aliphatic rings. The molecule has 0 radical (unpaired) electrons. The van der Waals surface area contributed by atoms with Crippen LogP contribution in [0.2, 0.25) is 0 Å². The highest BCUT2D eigenvalue weighted by Gasteiger charge is 2.10. The molecule has 2 aromatic rings. The Balaban J connectivity index is 1.74. The number of carbonyl (C=O) groups excluding carboxylic acids is 1. The number of hydrogen-bond donors (Lipinski definition) is 3. The van der Waals surface area contributed by atoms with Crippen molar-refractivity contribution in [3.63, 3.8) is 0 Å². The van der Waals surface area contributed by atoms with Crippen LogP contribution in [0, 0.1) is 18.6 Å². The quantitative estimate of drug-likeness (QED) is 0.760. The fourth-order valence-corrected chi connectivity index (χ4v) is 1.89. The Morgan fingerprint density at radius 1 is 1.17 bits per heavy atom. The molecule has 1 atom stereocenters. The van der Waals surface area contributed by atoms with Gasteiger partial charge in [-0.1, -0.05) is 6.07 Å². The molecule has 0 aromatic heterocycles. The monoisotopic (exact) mass is 336 g/mol. The molecule has 1 unspecified atom stereocenters. The van der Waals surface area contributed by atoms with E-state index in [1.54, 1.807) is 13.0 Å². The lowest BCUT2D eigenvalue weighted by Gasteiger charge is -2.14. The van der Waals surface area contributed by atoms with Gasteiger partial charge in [-0.2, -0.15) is 0 Å². The Labute approximate surface area is 138 Å². The van der Waals surface area contributed by atoms with Gasteiger partial charge in [0, 0.05) is 12.2 Å². The van der Waals surface area contributed by atoms with E-state index in [0.29, 0.717) is 17.0 Å². The standard InChI is InChI=1S/C17H18F2N2O3/c1-11-2-3-13(19)8-16(11)21-17(23)20-9-14(22)10-24-15-6-4-12(18)5-7-15/h2-8,14,22H,9-10H2,1H3,(H2,20,21,23). The number of aliphatic hydroxyl groups is 1. The molecule has 24 heavy (non-hydrogen) atoms. The average molecular weight is 336 g/mol. The predicted molar refractivity (Wildman–Crippen MR) is 86.1 cm³/mol. The number of rotatable bonds is 6.